The Bertz CT molecular complexity index is 1480. The van der Waals surface area contributed by atoms with Gasteiger partial charge in [0, 0.05) is 11.1 Å². The van der Waals surface area contributed by atoms with Crippen LogP contribution in [0.25, 0.3) is 12.2 Å². The smallest absolute Gasteiger partial charge is 0.230 e. The summed E-state index contributed by atoms with van der Waals surface area (Å²) in [7, 11) is 6.26. The maximum atomic E-state index is 12.6. The lowest BCUT2D eigenvalue weighted by atomic mass is 10.1. The number of rotatable bonds is 14. The summed E-state index contributed by atoms with van der Waals surface area (Å²) in [6.07, 6.45) is 6.44. The van der Waals surface area contributed by atoms with E-state index in [1.807, 2.05) is 12.1 Å². The molecule has 0 N–H and O–H groups in total. The second kappa shape index (κ2) is 14.9. The Morgan fingerprint density at radius 2 is 0.884 bits per heavy atom. The Morgan fingerprint density at radius 3 is 1.23 bits per heavy atom. The van der Waals surface area contributed by atoms with Gasteiger partial charge in [0.25, 0.3) is 0 Å². The zero-order chi connectivity index (χ0) is 30.6. The lowest BCUT2D eigenvalue weighted by Crippen LogP contribution is -2.06. The quantitative estimate of drug-likeness (QED) is 0.0901. The van der Waals surface area contributed by atoms with Crippen LogP contribution in [0.15, 0.2) is 97.1 Å². The highest BCUT2D eigenvalue weighted by atomic mass is 16.7. The molecule has 0 spiro atoms. The molecular weight excluding hydrogens is 548 g/mol. The average molecular weight is 581 g/mol. The van der Waals surface area contributed by atoms with Crippen molar-refractivity contribution in [1.29, 1.82) is 0 Å². The van der Waals surface area contributed by atoms with Gasteiger partial charge in [0.15, 0.2) is 34.6 Å². The lowest BCUT2D eigenvalue weighted by Gasteiger charge is -2.09. The van der Waals surface area contributed by atoms with Crippen LogP contribution in [0.5, 0.6) is 34.5 Å². The highest BCUT2D eigenvalue weighted by Crippen LogP contribution is 2.29. The lowest BCUT2D eigenvalue weighted by molar-refractivity contribution is 0.103. The molecule has 0 unspecified atom stereocenters. The second-order valence-corrected chi connectivity index (χ2v) is 9.08. The van der Waals surface area contributed by atoms with Gasteiger partial charge in [0.05, 0.1) is 28.4 Å². The van der Waals surface area contributed by atoms with Gasteiger partial charge in [-0.25, -0.2) is 0 Å². The molecule has 220 valence electrons. The van der Waals surface area contributed by atoms with E-state index in [1.165, 1.54) is 12.2 Å². The van der Waals surface area contributed by atoms with Crippen LogP contribution in [-0.2, 0) is 0 Å². The summed E-state index contributed by atoms with van der Waals surface area (Å²) in [5.41, 5.74) is 2.66. The number of ether oxygens (including phenoxy) is 6. The van der Waals surface area contributed by atoms with Gasteiger partial charge in [-0.2, -0.15) is 0 Å². The van der Waals surface area contributed by atoms with Crippen LogP contribution in [0.2, 0.25) is 0 Å². The van der Waals surface area contributed by atoms with E-state index in [2.05, 4.69) is 0 Å². The van der Waals surface area contributed by atoms with Gasteiger partial charge in [-0.15, -0.1) is 0 Å². The van der Waals surface area contributed by atoms with Crippen LogP contribution in [-0.4, -0.2) is 46.8 Å². The highest BCUT2D eigenvalue weighted by molar-refractivity contribution is 6.07. The van der Waals surface area contributed by atoms with Gasteiger partial charge in [-0.05, 0) is 96.1 Å². The van der Waals surface area contributed by atoms with Gasteiger partial charge in [0.1, 0.15) is 11.5 Å². The Labute approximate surface area is 250 Å². The van der Waals surface area contributed by atoms with Gasteiger partial charge >= 0.3 is 0 Å². The molecule has 0 amide bonds. The van der Waals surface area contributed by atoms with E-state index in [0.29, 0.717) is 45.6 Å². The van der Waals surface area contributed by atoms with E-state index >= 15 is 0 Å². The molecule has 0 saturated heterocycles. The number of hydrogen-bond donors (Lipinski definition) is 0. The zero-order valence-electron chi connectivity index (χ0n) is 24.4. The predicted molar refractivity (Wildman–Crippen MR) is 165 cm³/mol. The molecule has 0 heterocycles. The molecule has 0 aliphatic rings. The van der Waals surface area contributed by atoms with E-state index < -0.39 is 0 Å². The van der Waals surface area contributed by atoms with Gasteiger partial charge < -0.3 is 28.4 Å². The van der Waals surface area contributed by atoms with E-state index in [4.69, 9.17) is 28.4 Å². The zero-order valence-corrected chi connectivity index (χ0v) is 24.4. The molecule has 0 radical (unpaired) electrons. The van der Waals surface area contributed by atoms with Crippen LogP contribution >= 0.6 is 0 Å². The number of hydrogen-bond acceptors (Lipinski definition) is 8. The summed E-state index contributed by atoms with van der Waals surface area (Å²) in [5, 5.41) is 0. The minimum atomic E-state index is -0.147. The Kier molecular flexibility index (Phi) is 10.6. The van der Waals surface area contributed by atoms with E-state index in [-0.39, 0.29) is 18.4 Å². The third-order valence-corrected chi connectivity index (χ3v) is 6.40. The monoisotopic (exact) mass is 580 g/mol. The molecule has 4 aromatic carbocycles. The van der Waals surface area contributed by atoms with Crippen molar-refractivity contribution in [2.24, 2.45) is 0 Å². The molecule has 8 heteroatoms. The van der Waals surface area contributed by atoms with Crippen molar-refractivity contribution in [3.8, 4) is 34.5 Å². The molecule has 0 aromatic heterocycles. The predicted octanol–water partition coefficient (Wildman–Crippen LogP) is 6.93. The van der Waals surface area contributed by atoms with E-state index in [0.717, 1.165) is 11.1 Å². The summed E-state index contributed by atoms with van der Waals surface area (Å²) >= 11 is 0. The number of benzene rings is 4. The first-order valence-corrected chi connectivity index (χ1v) is 13.3. The SMILES string of the molecule is COc1ccc(/C=C/C(=O)c2ccc(OCOc3ccc(C(=O)/C=C/c4ccc(OC)c(OC)c4)cc3)cc2)cc1OC. The standard InChI is InChI=1S/C35H32O8/c1-38-32-19-7-24(21-34(32)40-3)5-17-30(36)26-9-13-28(14-10-26)42-23-43-29-15-11-27(12-16-29)31(37)18-6-25-8-20-33(39-2)35(22-25)41-4/h5-22H,23H2,1-4H3/b17-5+,18-6+. The van der Waals surface area contributed by atoms with Gasteiger partial charge in [-0.1, -0.05) is 24.3 Å². The molecule has 4 rings (SSSR count). The summed E-state index contributed by atoms with van der Waals surface area (Å²) in [6, 6.07) is 24.4. The van der Waals surface area contributed by atoms with Crippen molar-refractivity contribution in [3.63, 3.8) is 0 Å². The first-order chi connectivity index (χ1) is 20.9. The molecule has 0 saturated carbocycles. The molecule has 43 heavy (non-hydrogen) atoms. The van der Waals surface area contributed by atoms with Crippen LogP contribution in [0.4, 0.5) is 0 Å². The van der Waals surface area contributed by atoms with Crippen molar-refractivity contribution in [3.05, 3.63) is 119 Å². The molecular formula is C35H32O8. The summed E-state index contributed by atoms with van der Waals surface area (Å²) in [5.74, 6) is 3.22. The fourth-order valence-electron chi connectivity index (χ4n) is 4.05. The number of allylic oxidation sites excluding steroid dienone is 2. The van der Waals surface area contributed by atoms with Crippen molar-refractivity contribution < 1.29 is 38.0 Å². The first-order valence-electron chi connectivity index (χ1n) is 13.3. The summed E-state index contributed by atoms with van der Waals surface area (Å²) < 4.78 is 32.4. The normalized spacial score (nSPS) is 10.9. The third kappa shape index (κ3) is 8.27. The van der Waals surface area contributed by atoms with Gasteiger partial charge in [0.2, 0.25) is 6.79 Å². The van der Waals surface area contributed by atoms with Crippen molar-refractivity contribution in [2.75, 3.05) is 35.2 Å². The minimum absolute atomic E-state index is 0.0427. The molecule has 8 nitrogen and oxygen atoms in total. The van der Waals surface area contributed by atoms with Crippen molar-refractivity contribution in [2.45, 2.75) is 0 Å². The molecule has 4 aromatic rings. The number of ketones is 2. The Balaban J connectivity index is 1.26. The Hall–Kier alpha value is -5.50. The molecule has 0 aliphatic heterocycles. The largest absolute Gasteiger partial charge is 0.493 e. The minimum Gasteiger partial charge on any atom is -0.493 e. The molecule has 0 atom stereocenters. The maximum Gasteiger partial charge on any atom is 0.230 e. The number of carbonyl (C=O) groups excluding carboxylic acids is 2. The van der Waals surface area contributed by atoms with Crippen LogP contribution in [0.1, 0.15) is 31.8 Å². The second-order valence-electron chi connectivity index (χ2n) is 9.08. The van der Waals surface area contributed by atoms with Gasteiger partial charge in [-0.3, -0.25) is 9.59 Å². The van der Waals surface area contributed by atoms with Crippen molar-refractivity contribution in [1.82, 2.24) is 0 Å². The molecule has 0 bridgehead atoms. The highest BCUT2D eigenvalue weighted by Gasteiger charge is 2.07. The molecule has 0 aliphatic carbocycles. The van der Waals surface area contributed by atoms with Crippen LogP contribution in [0.3, 0.4) is 0 Å². The van der Waals surface area contributed by atoms with E-state index in [1.54, 1.807) is 113 Å². The van der Waals surface area contributed by atoms with E-state index in [9.17, 15) is 9.59 Å². The van der Waals surface area contributed by atoms with Crippen molar-refractivity contribution >= 4 is 23.7 Å². The summed E-state index contributed by atoms with van der Waals surface area (Å²) in [6.45, 7) is -0.0427. The maximum absolute atomic E-state index is 12.6. The fraction of sp³-hybridized carbons (Fsp3) is 0.143. The summed E-state index contributed by atoms with van der Waals surface area (Å²) in [4.78, 5) is 25.2. The van der Waals surface area contributed by atoms with Crippen LogP contribution in [0, 0.1) is 0 Å². The van der Waals surface area contributed by atoms with Crippen LogP contribution < -0.4 is 28.4 Å². The Morgan fingerprint density at radius 1 is 0.512 bits per heavy atom. The third-order valence-electron chi connectivity index (χ3n) is 6.40. The topological polar surface area (TPSA) is 89.5 Å². The average Bonchev–Trinajstić information content (AvgIpc) is 3.06. The number of carbonyl (C=O) groups is 2. The number of methoxy groups -OCH3 is 4. The fourth-order valence-corrected chi connectivity index (χ4v) is 4.05. The first kappa shape index (κ1) is 30.5. The molecule has 0 fully saturated rings.